The summed E-state index contributed by atoms with van der Waals surface area (Å²) in [5.74, 6) is -0.757. The second-order valence-electron chi connectivity index (χ2n) is 7.61. The number of nitrogens with zero attached hydrogens (tertiary/aromatic N) is 1. The normalized spacial score (nSPS) is 11.5. The van der Waals surface area contributed by atoms with Crippen molar-refractivity contribution < 1.29 is 35.5 Å². The Bertz CT molecular complexity index is 1520. The van der Waals surface area contributed by atoms with E-state index in [4.69, 9.17) is 21.1 Å². The summed E-state index contributed by atoms with van der Waals surface area (Å²) in [7, 11) is -5.11. The molecular formula is C23H23ClFN3O7S2. The lowest BCUT2D eigenvalue weighted by atomic mass is 10.3. The van der Waals surface area contributed by atoms with Crippen LogP contribution in [-0.2, 0) is 24.8 Å². The summed E-state index contributed by atoms with van der Waals surface area (Å²) in [5, 5.41) is 2.20. The van der Waals surface area contributed by atoms with Crippen LogP contribution < -0.4 is 23.8 Å². The molecule has 10 nitrogen and oxygen atoms in total. The molecule has 198 valence electrons. The molecule has 0 aliphatic rings. The quantitative estimate of drug-likeness (QED) is 0.379. The fraction of sp³-hybridized carbons (Fsp3) is 0.174. The van der Waals surface area contributed by atoms with E-state index in [0.29, 0.717) is 5.75 Å². The molecule has 0 saturated heterocycles. The molecule has 3 aromatic rings. The number of sulfonamides is 2. The number of hydrogen-bond donors (Lipinski definition) is 2. The fourth-order valence-corrected chi connectivity index (χ4v) is 5.27. The molecule has 3 rings (SSSR count). The minimum absolute atomic E-state index is 0.00420. The molecule has 37 heavy (non-hydrogen) atoms. The van der Waals surface area contributed by atoms with Crippen molar-refractivity contribution >= 4 is 54.6 Å². The van der Waals surface area contributed by atoms with Gasteiger partial charge in [0.2, 0.25) is 15.9 Å². The van der Waals surface area contributed by atoms with Gasteiger partial charge in [-0.1, -0.05) is 11.6 Å². The number of anilines is 3. The number of ether oxygens (including phenoxy) is 2. The Hall–Kier alpha value is -3.55. The SMILES string of the molecule is COc1ccc(OC)c(NS(=O)(=O)c2ccc(NC(=O)CN(c3ccc(F)c(Cl)c3)S(C)(=O)=O)cc2)c1. The lowest BCUT2D eigenvalue weighted by Crippen LogP contribution is -2.37. The van der Waals surface area contributed by atoms with E-state index in [9.17, 15) is 26.0 Å². The van der Waals surface area contributed by atoms with Crippen molar-refractivity contribution in [2.24, 2.45) is 0 Å². The number of benzene rings is 3. The molecule has 0 saturated carbocycles. The zero-order valence-electron chi connectivity index (χ0n) is 19.9. The zero-order valence-corrected chi connectivity index (χ0v) is 22.2. The van der Waals surface area contributed by atoms with Crippen LogP contribution in [0.25, 0.3) is 0 Å². The molecule has 2 N–H and O–H groups in total. The van der Waals surface area contributed by atoms with Crippen LogP contribution >= 0.6 is 11.6 Å². The first-order valence-corrected chi connectivity index (χ1v) is 14.1. The van der Waals surface area contributed by atoms with Crippen LogP contribution in [0.2, 0.25) is 5.02 Å². The molecule has 0 fully saturated rings. The molecule has 0 bridgehead atoms. The maximum absolute atomic E-state index is 13.5. The first kappa shape index (κ1) is 28.0. The van der Waals surface area contributed by atoms with Gasteiger partial charge in [-0.3, -0.25) is 13.8 Å². The predicted molar refractivity (Wildman–Crippen MR) is 139 cm³/mol. The van der Waals surface area contributed by atoms with Crippen LogP contribution in [0.3, 0.4) is 0 Å². The van der Waals surface area contributed by atoms with Crippen LogP contribution in [0.4, 0.5) is 21.5 Å². The Balaban J connectivity index is 1.75. The maximum atomic E-state index is 13.5. The first-order chi connectivity index (χ1) is 17.3. The Morgan fingerprint density at radius 2 is 1.65 bits per heavy atom. The lowest BCUT2D eigenvalue weighted by molar-refractivity contribution is -0.114. The Morgan fingerprint density at radius 1 is 0.973 bits per heavy atom. The maximum Gasteiger partial charge on any atom is 0.262 e. The molecule has 1 amide bonds. The van der Waals surface area contributed by atoms with E-state index in [2.05, 4.69) is 10.0 Å². The molecule has 0 aromatic heterocycles. The van der Waals surface area contributed by atoms with Gasteiger partial charge >= 0.3 is 0 Å². The molecule has 0 heterocycles. The Morgan fingerprint density at radius 3 is 2.22 bits per heavy atom. The standard InChI is InChI=1S/C23H23ClFN3O7S2/c1-34-17-7-11-22(35-2)21(13-17)27-37(32,33)18-8-4-15(5-9-18)26-23(29)14-28(36(3,30)31)16-6-10-20(25)19(24)12-16/h4-13,27H,14H2,1-3H3,(H,26,29). The fourth-order valence-electron chi connectivity index (χ4n) is 3.19. The van der Waals surface area contributed by atoms with E-state index < -0.39 is 38.3 Å². The molecule has 0 unspecified atom stereocenters. The van der Waals surface area contributed by atoms with Crippen molar-refractivity contribution in [1.29, 1.82) is 0 Å². The molecule has 0 aliphatic carbocycles. The molecule has 0 aliphatic heterocycles. The van der Waals surface area contributed by atoms with Gasteiger partial charge in [-0.05, 0) is 54.6 Å². The second-order valence-corrected chi connectivity index (χ2v) is 11.6. The number of nitrogens with one attached hydrogen (secondary N) is 2. The molecule has 0 spiro atoms. The van der Waals surface area contributed by atoms with Crippen molar-refractivity contribution in [2.75, 3.05) is 41.4 Å². The summed E-state index contributed by atoms with van der Waals surface area (Å²) in [6, 6.07) is 13.1. The monoisotopic (exact) mass is 571 g/mol. The summed E-state index contributed by atoms with van der Waals surface area (Å²) in [4.78, 5) is 12.5. The average molecular weight is 572 g/mol. The highest BCUT2D eigenvalue weighted by atomic mass is 35.5. The third-order valence-corrected chi connectivity index (χ3v) is 7.79. The van der Waals surface area contributed by atoms with E-state index >= 15 is 0 Å². The van der Waals surface area contributed by atoms with Crippen LogP contribution in [0, 0.1) is 5.82 Å². The summed E-state index contributed by atoms with van der Waals surface area (Å²) in [6.45, 7) is -0.627. The van der Waals surface area contributed by atoms with Crippen molar-refractivity contribution in [3.8, 4) is 11.5 Å². The predicted octanol–water partition coefficient (Wildman–Crippen LogP) is 3.70. The third kappa shape index (κ3) is 7.02. The summed E-state index contributed by atoms with van der Waals surface area (Å²) < 4.78 is 77.2. The Kier molecular flexibility index (Phi) is 8.51. The summed E-state index contributed by atoms with van der Waals surface area (Å²) in [6.07, 6.45) is 0.890. The van der Waals surface area contributed by atoms with Gasteiger partial charge in [0.15, 0.2) is 0 Å². The van der Waals surface area contributed by atoms with E-state index in [1.807, 2.05) is 0 Å². The van der Waals surface area contributed by atoms with Crippen molar-refractivity contribution in [2.45, 2.75) is 4.90 Å². The van der Waals surface area contributed by atoms with Crippen LogP contribution in [0.1, 0.15) is 0 Å². The largest absolute Gasteiger partial charge is 0.497 e. The van der Waals surface area contributed by atoms with Gasteiger partial charge in [0, 0.05) is 11.8 Å². The van der Waals surface area contributed by atoms with Gasteiger partial charge in [0.1, 0.15) is 23.9 Å². The van der Waals surface area contributed by atoms with Crippen LogP contribution in [-0.4, -0.2) is 49.8 Å². The third-order valence-electron chi connectivity index (χ3n) is 4.98. The number of methoxy groups -OCH3 is 2. The highest BCUT2D eigenvalue weighted by Crippen LogP contribution is 2.31. The number of carbonyl (C=O) groups is 1. The summed E-state index contributed by atoms with van der Waals surface area (Å²) in [5.41, 5.74) is 0.388. The van der Waals surface area contributed by atoms with Gasteiger partial charge in [0.25, 0.3) is 10.0 Å². The lowest BCUT2D eigenvalue weighted by Gasteiger charge is -2.22. The van der Waals surface area contributed by atoms with Crippen LogP contribution in [0.15, 0.2) is 65.6 Å². The van der Waals surface area contributed by atoms with Crippen molar-refractivity contribution in [3.05, 3.63) is 71.5 Å². The number of rotatable bonds is 10. The van der Waals surface area contributed by atoms with Crippen molar-refractivity contribution in [3.63, 3.8) is 0 Å². The molecule has 3 aromatic carbocycles. The highest BCUT2D eigenvalue weighted by Gasteiger charge is 2.22. The summed E-state index contributed by atoms with van der Waals surface area (Å²) >= 11 is 5.74. The number of halogens is 2. The van der Waals surface area contributed by atoms with Crippen LogP contribution in [0.5, 0.6) is 11.5 Å². The van der Waals surface area contributed by atoms with E-state index in [1.165, 1.54) is 50.6 Å². The van der Waals surface area contributed by atoms with Gasteiger partial charge in [0.05, 0.1) is 41.8 Å². The first-order valence-electron chi connectivity index (χ1n) is 10.4. The highest BCUT2D eigenvalue weighted by molar-refractivity contribution is 7.92. The minimum atomic E-state index is -4.03. The van der Waals surface area contributed by atoms with Gasteiger partial charge < -0.3 is 14.8 Å². The van der Waals surface area contributed by atoms with E-state index in [-0.39, 0.29) is 32.7 Å². The van der Waals surface area contributed by atoms with Gasteiger partial charge in [-0.25, -0.2) is 21.2 Å². The molecule has 0 atom stereocenters. The van der Waals surface area contributed by atoms with Gasteiger partial charge in [-0.15, -0.1) is 0 Å². The van der Waals surface area contributed by atoms with E-state index in [1.54, 1.807) is 12.1 Å². The number of amides is 1. The smallest absolute Gasteiger partial charge is 0.262 e. The molecular weight excluding hydrogens is 549 g/mol. The Labute approximate surface area is 219 Å². The average Bonchev–Trinajstić information content (AvgIpc) is 2.83. The zero-order chi connectivity index (χ0) is 27.4. The number of hydrogen-bond acceptors (Lipinski definition) is 7. The molecule has 0 radical (unpaired) electrons. The van der Waals surface area contributed by atoms with Crippen molar-refractivity contribution in [1.82, 2.24) is 0 Å². The molecule has 14 heteroatoms. The topological polar surface area (TPSA) is 131 Å². The second kappa shape index (κ2) is 11.2. The minimum Gasteiger partial charge on any atom is -0.497 e. The van der Waals surface area contributed by atoms with E-state index in [0.717, 1.165) is 22.7 Å². The number of carbonyl (C=O) groups excluding carboxylic acids is 1. The van der Waals surface area contributed by atoms with Gasteiger partial charge in [-0.2, -0.15) is 0 Å².